The van der Waals surface area contributed by atoms with Crippen molar-refractivity contribution < 1.29 is 4.79 Å². The van der Waals surface area contributed by atoms with Gasteiger partial charge in [-0.1, -0.05) is 58.0 Å². The standard InChI is InChI=1S/C22H26N4O/c1-5-16-10-9-13-18(14-16)26-20(15-19(25-26)22(2,3)4)24-21(27)23-17-11-7-6-8-12-17/h6-15H,5H2,1-4H3,(H2,23,24,27). The molecule has 5 heteroatoms. The minimum absolute atomic E-state index is 0.125. The fraction of sp³-hybridized carbons (Fsp3) is 0.273. The highest BCUT2D eigenvalue weighted by Gasteiger charge is 2.21. The molecular formula is C22H26N4O. The van der Waals surface area contributed by atoms with E-state index >= 15 is 0 Å². The largest absolute Gasteiger partial charge is 0.324 e. The Balaban J connectivity index is 1.93. The number of amides is 2. The van der Waals surface area contributed by atoms with E-state index < -0.39 is 0 Å². The van der Waals surface area contributed by atoms with Gasteiger partial charge in [-0.2, -0.15) is 5.10 Å². The first-order valence-corrected chi connectivity index (χ1v) is 9.20. The van der Waals surface area contributed by atoms with Gasteiger partial charge in [0.1, 0.15) is 5.82 Å². The topological polar surface area (TPSA) is 59.0 Å². The Bertz CT molecular complexity index is 923. The van der Waals surface area contributed by atoms with E-state index in [9.17, 15) is 4.79 Å². The maximum Gasteiger partial charge on any atom is 0.324 e. The van der Waals surface area contributed by atoms with Crippen molar-refractivity contribution in [2.75, 3.05) is 10.6 Å². The maximum absolute atomic E-state index is 12.5. The molecule has 3 aromatic rings. The maximum atomic E-state index is 12.5. The average Bonchev–Trinajstić information content (AvgIpc) is 3.06. The van der Waals surface area contributed by atoms with E-state index in [0.717, 1.165) is 23.5 Å². The first kappa shape index (κ1) is 18.7. The Morgan fingerprint density at radius 2 is 1.74 bits per heavy atom. The van der Waals surface area contributed by atoms with Crippen LogP contribution in [0, 0.1) is 0 Å². The molecule has 0 spiro atoms. The van der Waals surface area contributed by atoms with E-state index in [4.69, 9.17) is 5.10 Å². The van der Waals surface area contributed by atoms with E-state index in [1.165, 1.54) is 5.56 Å². The number of hydrogen-bond donors (Lipinski definition) is 2. The minimum atomic E-state index is -0.297. The molecule has 0 radical (unpaired) electrons. The summed E-state index contributed by atoms with van der Waals surface area (Å²) in [6.07, 6.45) is 0.943. The van der Waals surface area contributed by atoms with Gasteiger partial charge in [0.25, 0.3) is 0 Å². The Labute approximate surface area is 160 Å². The molecule has 140 valence electrons. The minimum Gasteiger partial charge on any atom is -0.308 e. The molecule has 0 aliphatic rings. The van der Waals surface area contributed by atoms with Crippen LogP contribution < -0.4 is 10.6 Å². The number of nitrogens with zero attached hydrogens (tertiary/aromatic N) is 2. The van der Waals surface area contributed by atoms with Crippen LogP contribution in [0.4, 0.5) is 16.3 Å². The second-order valence-corrected chi connectivity index (χ2v) is 7.55. The molecule has 1 heterocycles. The Morgan fingerprint density at radius 3 is 2.41 bits per heavy atom. The van der Waals surface area contributed by atoms with Crippen molar-refractivity contribution in [1.29, 1.82) is 0 Å². The Hall–Kier alpha value is -3.08. The third-order valence-corrected chi connectivity index (χ3v) is 4.31. The van der Waals surface area contributed by atoms with Gasteiger partial charge in [0, 0.05) is 17.2 Å². The summed E-state index contributed by atoms with van der Waals surface area (Å²) in [7, 11) is 0. The zero-order valence-electron chi connectivity index (χ0n) is 16.3. The summed E-state index contributed by atoms with van der Waals surface area (Å²) in [6.45, 7) is 8.44. The molecule has 0 fully saturated rings. The molecule has 27 heavy (non-hydrogen) atoms. The van der Waals surface area contributed by atoms with Crippen LogP contribution in [-0.4, -0.2) is 15.8 Å². The van der Waals surface area contributed by atoms with Crippen molar-refractivity contribution in [2.24, 2.45) is 0 Å². The van der Waals surface area contributed by atoms with Crippen molar-refractivity contribution in [2.45, 2.75) is 39.5 Å². The van der Waals surface area contributed by atoms with Crippen molar-refractivity contribution in [3.63, 3.8) is 0 Å². The van der Waals surface area contributed by atoms with Gasteiger partial charge in [-0.3, -0.25) is 5.32 Å². The summed E-state index contributed by atoms with van der Waals surface area (Å²) < 4.78 is 1.80. The number of carbonyl (C=O) groups excluding carboxylic acids is 1. The van der Waals surface area contributed by atoms with Gasteiger partial charge >= 0.3 is 6.03 Å². The van der Waals surface area contributed by atoms with Crippen LogP contribution >= 0.6 is 0 Å². The fourth-order valence-corrected chi connectivity index (χ4v) is 2.74. The number of urea groups is 1. The summed E-state index contributed by atoms with van der Waals surface area (Å²) >= 11 is 0. The molecule has 0 saturated heterocycles. The molecule has 0 unspecified atom stereocenters. The number of nitrogens with one attached hydrogen (secondary N) is 2. The highest BCUT2D eigenvalue weighted by molar-refractivity contribution is 5.99. The van der Waals surface area contributed by atoms with Crippen molar-refractivity contribution in [1.82, 2.24) is 9.78 Å². The lowest BCUT2D eigenvalue weighted by Crippen LogP contribution is -2.21. The van der Waals surface area contributed by atoms with Crippen LogP contribution in [0.15, 0.2) is 60.7 Å². The summed E-state index contributed by atoms with van der Waals surface area (Å²) in [5.41, 5.74) is 3.68. The molecule has 0 aliphatic heterocycles. The fourth-order valence-electron chi connectivity index (χ4n) is 2.74. The van der Waals surface area contributed by atoms with Crippen LogP contribution in [0.3, 0.4) is 0 Å². The molecular weight excluding hydrogens is 336 g/mol. The highest BCUT2D eigenvalue weighted by Crippen LogP contribution is 2.26. The van der Waals surface area contributed by atoms with Gasteiger partial charge in [0.2, 0.25) is 0 Å². The predicted octanol–water partition coefficient (Wildman–Crippen LogP) is 5.38. The highest BCUT2D eigenvalue weighted by atomic mass is 16.2. The van der Waals surface area contributed by atoms with Crippen LogP contribution in [0.5, 0.6) is 0 Å². The Morgan fingerprint density at radius 1 is 1.00 bits per heavy atom. The SMILES string of the molecule is CCc1cccc(-n2nc(C(C)(C)C)cc2NC(=O)Nc2ccccc2)c1. The summed E-state index contributed by atoms with van der Waals surface area (Å²) in [6, 6.07) is 19.2. The van der Waals surface area contributed by atoms with E-state index in [2.05, 4.69) is 50.5 Å². The average molecular weight is 362 g/mol. The Kier molecular flexibility index (Phi) is 5.31. The van der Waals surface area contributed by atoms with Gasteiger partial charge in [-0.05, 0) is 36.2 Å². The molecule has 1 aromatic heterocycles. The lowest BCUT2D eigenvalue weighted by atomic mass is 9.92. The normalized spacial score (nSPS) is 11.3. The third-order valence-electron chi connectivity index (χ3n) is 4.31. The van der Waals surface area contributed by atoms with E-state index in [0.29, 0.717) is 5.82 Å². The zero-order chi connectivity index (χ0) is 19.4. The summed E-state index contributed by atoms with van der Waals surface area (Å²) in [5.74, 6) is 0.640. The predicted molar refractivity (Wildman–Crippen MR) is 111 cm³/mol. The van der Waals surface area contributed by atoms with Crippen molar-refractivity contribution >= 4 is 17.5 Å². The number of para-hydroxylation sites is 1. The molecule has 3 rings (SSSR count). The number of aryl methyl sites for hydroxylation is 1. The van der Waals surface area contributed by atoms with Crippen LogP contribution in [0.25, 0.3) is 5.69 Å². The summed E-state index contributed by atoms with van der Waals surface area (Å²) in [5, 5.41) is 10.5. The monoisotopic (exact) mass is 362 g/mol. The van der Waals surface area contributed by atoms with Gasteiger partial charge in [-0.15, -0.1) is 0 Å². The molecule has 0 bridgehead atoms. The van der Waals surface area contributed by atoms with E-state index in [1.807, 2.05) is 48.5 Å². The molecule has 0 atom stereocenters. The number of aromatic nitrogens is 2. The molecule has 0 aliphatic carbocycles. The zero-order valence-corrected chi connectivity index (χ0v) is 16.3. The van der Waals surface area contributed by atoms with E-state index in [1.54, 1.807) is 4.68 Å². The van der Waals surface area contributed by atoms with E-state index in [-0.39, 0.29) is 11.4 Å². The lowest BCUT2D eigenvalue weighted by Gasteiger charge is -2.14. The van der Waals surface area contributed by atoms with Gasteiger partial charge in [-0.25, -0.2) is 9.48 Å². The summed E-state index contributed by atoms with van der Waals surface area (Å²) in [4.78, 5) is 12.5. The van der Waals surface area contributed by atoms with Crippen LogP contribution in [0.1, 0.15) is 39.0 Å². The van der Waals surface area contributed by atoms with Crippen LogP contribution in [0.2, 0.25) is 0 Å². The number of rotatable bonds is 4. The molecule has 5 nitrogen and oxygen atoms in total. The first-order chi connectivity index (χ1) is 12.9. The van der Waals surface area contributed by atoms with Crippen molar-refractivity contribution in [3.8, 4) is 5.69 Å². The number of benzene rings is 2. The molecule has 2 aromatic carbocycles. The van der Waals surface area contributed by atoms with Gasteiger partial charge < -0.3 is 5.32 Å². The van der Waals surface area contributed by atoms with Gasteiger partial charge in [0.15, 0.2) is 0 Å². The quantitative estimate of drug-likeness (QED) is 0.655. The third kappa shape index (κ3) is 4.56. The van der Waals surface area contributed by atoms with Gasteiger partial charge in [0.05, 0.1) is 11.4 Å². The second-order valence-electron chi connectivity index (χ2n) is 7.55. The number of hydrogen-bond acceptors (Lipinski definition) is 2. The van der Waals surface area contributed by atoms with Crippen LogP contribution in [-0.2, 0) is 11.8 Å². The van der Waals surface area contributed by atoms with Crippen molar-refractivity contribution in [3.05, 3.63) is 71.9 Å². The molecule has 0 saturated carbocycles. The smallest absolute Gasteiger partial charge is 0.308 e. The lowest BCUT2D eigenvalue weighted by molar-refractivity contribution is 0.262. The molecule has 2 N–H and O–H groups in total. The first-order valence-electron chi connectivity index (χ1n) is 9.20. The second kappa shape index (κ2) is 7.66. The number of anilines is 2. The molecule has 2 amide bonds. The number of carbonyl (C=O) groups is 1.